The molecule has 0 aliphatic heterocycles. The topological polar surface area (TPSA) is 77.8 Å². The Hall–Kier alpha value is -2.49. The molecule has 0 bridgehead atoms. The fourth-order valence-corrected chi connectivity index (χ4v) is 2.69. The van der Waals surface area contributed by atoms with Gasteiger partial charge in [-0.3, -0.25) is 0 Å². The van der Waals surface area contributed by atoms with Crippen LogP contribution in [-0.2, 0) is 12.8 Å². The van der Waals surface area contributed by atoms with Gasteiger partial charge < -0.3 is 15.3 Å². The number of carboxylic acids is 1. The number of aromatic carboxylic acids is 1. The molecule has 4 nitrogen and oxygen atoms in total. The van der Waals surface area contributed by atoms with Crippen LogP contribution in [0.2, 0.25) is 0 Å². The summed E-state index contributed by atoms with van der Waals surface area (Å²) >= 11 is 0. The molecule has 1 aromatic rings. The van der Waals surface area contributed by atoms with Crippen molar-refractivity contribution in [2.45, 2.75) is 59.8 Å². The number of rotatable bonds is 9. The quantitative estimate of drug-likeness (QED) is 0.506. The number of allylic oxidation sites excluding steroid dienone is 6. The monoisotopic (exact) mass is 358 g/mol. The molecule has 4 heteroatoms. The Balaban J connectivity index is 3.09. The molecule has 26 heavy (non-hydrogen) atoms. The molecule has 1 aromatic carbocycles. The summed E-state index contributed by atoms with van der Waals surface area (Å²) in [6, 6.07) is 1.45. The number of phenols is 2. The van der Waals surface area contributed by atoms with Gasteiger partial charge in [0.25, 0.3) is 0 Å². The van der Waals surface area contributed by atoms with Crippen molar-refractivity contribution in [2.75, 3.05) is 0 Å². The minimum atomic E-state index is -1.19. The van der Waals surface area contributed by atoms with Crippen LogP contribution in [0.5, 0.6) is 11.5 Å². The first kappa shape index (κ1) is 21.6. The summed E-state index contributed by atoms with van der Waals surface area (Å²) in [7, 11) is 0. The maximum absolute atomic E-state index is 11.6. The van der Waals surface area contributed by atoms with Gasteiger partial charge in [-0.1, -0.05) is 42.4 Å². The van der Waals surface area contributed by atoms with Crippen LogP contribution in [0.3, 0.4) is 0 Å². The van der Waals surface area contributed by atoms with Crippen molar-refractivity contribution in [2.24, 2.45) is 0 Å². The Bertz CT molecular complexity index is 720. The number of carbonyl (C=O) groups is 1. The van der Waals surface area contributed by atoms with Gasteiger partial charge >= 0.3 is 5.97 Å². The van der Waals surface area contributed by atoms with Gasteiger partial charge in [0.2, 0.25) is 0 Å². The highest BCUT2D eigenvalue weighted by Gasteiger charge is 2.21. The maximum atomic E-state index is 11.6. The van der Waals surface area contributed by atoms with E-state index in [1.807, 2.05) is 32.1 Å². The normalized spacial score (nSPS) is 11.8. The first-order valence-electron chi connectivity index (χ1n) is 9.01. The lowest BCUT2D eigenvalue weighted by Gasteiger charge is -2.13. The molecule has 0 saturated heterocycles. The largest absolute Gasteiger partial charge is 0.508 e. The second-order valence-electron chi connectivity index (χ2n) is 6.72. The molecule has 0 atom stereocenters. The van der Waals surface area contributed by atoms with Crippen LogP contribution in [0.4, 0.5) is 0 Å². The molecule has 0 radical (unpaired) electrons. The minimum absolute atomic E-state index is 0.0688. The van der Waals surface area contributed by atoms with E-state index in [0.717, 1.165) is 24.8 Å². The third-order valence-corrected chi connectivity index (χ3v) is 4.16. The summed E-state index contributed by atoms with van der Waals surface area (Å²) in [5.74, 6) is -1.60. The molecular formula is C22H30O4. The van der Waals surface area contributed by atoms with E-state index in [1.54, 1.807) is 0 Å². The van der Waals surface area contributed by atoms with Gasteiger partial charge in [0.1, 0.15) is 17.1 Å². The van der Waals surface area contributed by atoms with Crippen molar-refractivity contribution < 1.29 is 20.1 Å². The third-order valence-electron chi connectivity index (χ3n) is 4.16. The number of hydrogen-bond acceptors (Lipinski definition) is 3. The summed E-state index contributed by atoms with van der Waals surface area (Å²) in [4.78, 5) is 11.6. The fourth-order valence-electron chi connectivity index (χ4n) is 2.69. The zero-order chi connectivity index (χ0) is 19.7. The predicted molar refractivity (Wildman–Crippen MR) is 106 cm³/mol. The first-order valence-corrected chi connectivity index (χ1v) is 9.01. The lowest BCUT2D eigenvalue weighted by Crippen LogP contribution is -2.05. The van der Waals surface area contributed by atoms with Crippen LogP contribution in [0.25, 0.3) is 0 Å². The molecule has 0 aromatic heterocycles. The molecule has 0 aliphatic carbocycles. The predicted octanol–water partition coefficient (Wildman–Crippen LogP) is 5.54. The highest BCUT2D eigenvalue weighted by atomic mass is 16.4. The number of phenolic OH excluding ortho intramolecular Hbond substituents is 1. The standard InChI is InChI=1S/C22H30O4/c1-5-6-7-11-17-14-19(23)18(21(24)20(17)22(25)26)13-12-16(4)10-8-9-15(2)3/h6-7,9,12,14,23-24H,5,8,10-11,13H2,1-4H3,(H,25,26)/b7-6+,16-12+. The molecule has 1 rings (SSSR count). The van der Waals surface area contributed by atoms with Crippen LogP contribution in [0.15, 0.2) is 41.5 Å². The van der Waals surface area contributed by atoms with Gasteiger partial charge in [-0.2, -0.15) is 0 Å². The number of benzene rings is 1. The maximum Gasteiger partial charge on any atom is 0.339 e. The minimum Gasteiger partial charge on any atom is -0.508 e. The third kappa shape index (κ3) is 6.43. The molecule has 0 fully saturated rings. The van der Waals surface area contributed by atoms with Crippen molar-refractivity contribution in [1.82, 2.24) is 0 Å². The van der Waals surface area contributed by atoms with E-state index < -0.39 is 5.97 Å². The zero-order valence-corrected chi connectivity index (χ0v) is 16.2. The average molecular weight is 358 g/mol. The van der Waals surface area contributed by atoms with Gasteiger partial charge in [0.15, 0.2) is 0 Å². The Morgan fingerprint density at radius 1 is 1.08 bits per heavy atom. The molecular weight excluding hydrogens is 328 g/mol. The molecule has 142 valence electrons. The van der Waals surface area contributed by atoms with Crippen LogP contribution < -0.4 is 0 Å². The van der Waals surface area contributed by atoms with Crippen LogP contribution in [0.1, 0.15) is 68.4 Å². The van der Waals surface area contributed by atoms with Gasteiger partial charge in [-0.15, -0.1) is 0 Å². The van der Waals surface area contributed by atoms with Crippen molar-refractivity contribution in [3.8, 4) is 11.5 Å². The van der Waals surface area contributed by atoms with Crippen molar-refractivity contribution >= 4 is 5.97 Å². The van der Waals surface area contributed by atoms with E-state index in [-0.39, 0.29) is 22.6 Å². The molecule has 0 spiro atoms. The summed E-state index contributed by atoms with van der Waals surface area (Å²) in [5.41, 5.74) is 2.94. The van der Waals surface area contributed by atoms with E-state index in [1.165, 1.54) is 11.6 Å². The summed E-state index contributed by atoms with van der Waals surface area (Å²) < 4.78 is 0. The molecule has 3 N–H and O–H groups in total. The fraction of sp³-hybridized carbons (Fsp3) is 0.409. The van der Waals surface area contributed by atoms with E-state index in [2.05, 4.69) is 19.9 Å². The van der Waals surface area contributed by atoms with Crippen molar-refractivity contribution in [3.63, 3.8) is 0 Å². The second-order valence-corrected chi connectivity index (χ2v) is 6.72. The molecule has 0 amide bonds. The average Bonchev–Trinajstić information content (AvgIpc) is 2.53. The highest BCUT2D eigenvalue weighted by Crippen LogP contribution is 2.35. The Morgan fingerprint density at radius 2 is 1.77 bits per heavy atom. The number of carboxylic acid groups (broad SMARTS) is 1. The van der Waals surface area contributed by atoms with Gasteiger partial charge in [-0.05, 0) is 64.5 Å². The molecule has 0 heterocycles. The molecule has 0 aliphatic rings. The van der Waals surface area contributed by atoms with Crippen LogP contribution in [0, 0.1) is 0 Å². The molecule has 0 saturated carbocycles. The van der Waals surface area contributed by atoms with Gasteiger partial charge in [0.05, 0.1) is 0 Å². The van der Waals surface area contributed by atoms with E-state index in [9.17, 15) is 20.1 Å². The smallest absolute Gasteiger partial charge is 0.339 e. The van der Waals surface area contributed by atoms with E-state index in [0.29, 0.717) is 18.4 Å². The highest BCUT2D eigenvalue weighted by molar-refractivity contribution is 5.93. The van der Waals surface area contributed by atoms with Crippen LogP contribution in [-0.4, -0.2) is 21.3 Å². The zero-order valence-electron chi connectivity index (χ0n) is 16.2. The first-order chi connectivity index (χ1) is 12.3. The lowest BCUT2D eigenvalue weighted by atomic mass is 9.96. The van der Waals surface area contributed by atoms with Gasteiger partial charge in [-0.25, -0.2) is 4.79 Å². The lowest BCUT2D eigenvalue weighted by molar-refractivity contribution is 0.0692. The Kier molecular flexibility index (Phi) is 8.70. The summed E-state index contributed by atoms with van der Waals surface area (Å²) in [5, 5.41) is 30.2. The Labute approximate surface area is 156 Å². The summed E-state index contributed by atoms with van der Waals surface area (Å²) in [6.45, 7) is 8.09. The second kappa shape index (κ2) is 10.5. The van der Waals surface area contributed by atoms with Gasteiger partial charge in [0, 0.05) is 5.56 Å². The van der Waals surface area contributed by atoms with E-state index in [4.69, 9.17) is 0 Å². The SMILES string of the molecule is CC/C=C/Cc1cc(O)c(C/C=C(\C)CCC=C(C)C)c(O)c1C(=O)O. The number of hydrogen-bond donors (Lipinski definition) is 3. The van der Waals surface area contributed by atoms with Crippen molar-refractivity contribution in [1.29, 1.82) is 0 Å². The van der Waals surface area contributed by atoms with E-state index >= 15 is 0 Å². The summed E-state index contributed by atoms with van der Waals surface area (Å²) in [6.07, 6.45) is 11.2. The van der Waals surface area contributed by atoms with Crippen molar-refractivity contribution in [3.05, 3.63) is 58.2 Å². The molecule has 0 unspecified atom stereocenters. The van der Waals surface area contributed by atoms with Crippen LogP contribution >= 0.6 is 0 Å². The number of aromatic hydroxyl groups is 2. The Morgan fingerprint density at radius 3 is 2.35 bits per heavy atom.